The Morgan fingerprint density at radius 1 is 0.700 bits per heavy atom. The molecule has 0 bridgehead atoms. The molecule has 9 rings (SSSR count). The van der Waals surface area contributed by atoms with Crippen LogP contribution in [0.5, 0.6) is 0 Å². The molecule has 3 aliphatic heterocycles. The van der Waals surface area contributed by atoms with Gasteiger partial charge in [0.25, 0.3) is 0 Å². The van der Waals surface area contributed by atoms with Gasteiger partial charge in [-0.3, -0.25) is 4.79 Å². The number of aliphatic hydroxyl groups excluding tert-OH is 8. The quantitative estimate of drug-likeness (QED) is 0.114. The van der Waals surface area contributed by atoms with E-state index in [4.69, 9.17) is 32.8 Å². The molecule has 0 aromatic carbocycles. The summed E-state index contributed by atoms with van der Waals surface area (Å²) < 4.78 is 43.0. The fourth-order valence-corrected chi connectivity index (χ4v) is 16.7. The van der Waals surface area contributed by atoms with Crippen LogP contribution in [0.1, 0.15) is 125 Å². The summed E-state index contributed by atoms with van der Waals surface area (Å²) in [5, 5.41) is 90.4. The topological polar surface area (TPSA) is 259 Å². The third kappa shape index (κ3) is 8.31. The van der Waals surface area contributed by atoms with Crippen molar-refractivity contribution >= 4 is 5.91 Å². The molecule has 17 nitrogen and oxygen atoms in total. The van der Waals surface area contributed by atoms with E-state index in [1.54, 1.807) is 6.26 Å². The smallest absolute Gasteiger partial charge is 0.226 e. The molecular weight excluding hydrogens is 907 g/mol. The number of hydrogen-bond acceptors (Lipinski definition) is 16. The van der Waals surface area contributed by atoms with Gasteiger partial charge in [0, 0.05) is 0 Å². The number of ether oxygens (including phenoxy) is 6. The maximum atomic E-state index is 14.5. The van der Waals surface area contributed by atoms with Crippen molar-refractivity contribution in [3.63, 3.8) is 0 Å². The number of aliphatic hydroxyl groups is 8. The highest BCUT2D eigenvalue weighted by molar-refractivity contribution is 5.83. The highest BCUT2D eigenvalue weighted by atomic mass is 16.8. The largest absolute Gasteiger partial charge is 0.467 e. The fraction of sp³-hybridized carbons (Fsp3) is 0.868. The van der Waals surface area contributed by atoms with Crippen LogP contribution in [0.4, 0.5) is 0 Å². The summed E-state index contributed by atoms with van der Waals surface area (Å²) in [6.07, 6.45) is -11.4. The second-order valence-electron chi connectivity index (χ2n) is 24.4. The van der Waals surface area contributed by atoms with E-state index >= 15 is 0 Å². The van der Waals surface area contributed by atoms with Crippen LogP contribution in [0.15, 0.2) is 35.0 Å². The first-order chi connectivity index (χ1) is 32.9. The molecule has 5 aliphatic carbocycles. The molecule has 4 heterocycles. The van der Waals surface area contributed by atoms with Crippen LogP contribution in [0.3, 0.4) is 0 Å². The third-order valence-corrected chi connectivity index (χ3v) is 20.8. The van der Waals surface area contributed by atoms with Gasteiger partial charge in [-0.15, -0.1) is 0 Å². The van der Waals surface area contributed by atoms with Gasteiger partial charge in [0.05, 0.1) is 43.1 Å². The number of hydrogen-bond donors (Lipinski definition) is 9. The standard InChI is InChI=1S/C53H83NO16/c1-25(2)29-14-19-53(48(63)54-23-28-11-10-22-64-28)21-20-51(8)30(35(29)53)12-13-33-50(7)17-16-34(49(5,6)32(50)15-18-52(33,51)9)68-47-44(70-46-41(61)39(59)37(57)27(4)66-46)42(62)43(31(24-55)67-47)69-45-40(60)38(58)36(56)26(3)65-45/h10-11,22,26-27,29-47,55-62H,1,12-21,23-24H2,2-9H3,(H,54,63)/t26-,27-,29-,30+,31+,32-,33+,34-,35+,36-,37-,38+,39+,40+,41+,42-,43+,44+,45-,46-,47-,50-,51+,52+,53-/m0/s1. The number of fused-ring (bicyclic) bond motifs is 7. The summed E-state index contributed by atoms with van der Waals surface area (Å²) in [4.78, 5) is 14.5. The van der Waals surface area contributed by atoms with Crippen LogP contribution in [0.2, 0.25) is 0 Å². The molecule has 1 aromatic heterocycles. The number of rotatable bonds is 11. The van der Waals surface area contributed by atoms with E-state index in [1.807, 2.05) is 12.1 Å². The number of nitrogens with one attached hydrogen (secondary N) is 1. The number of carbonyl (C=O) groups is 1. The van der Waals surface area contributed by atoms with Crippen LogP contribution in [0, 0.1) is 56.7 Å². The van der Waals surface area contributed by atoms with Gasteiger partial charge in [-0.1, -0.05) is 46.8 Å². The highest BCUT2D eigenvalue weighted by Crippen LogP contribution is 2.77. The molecule has 17 heteroatoms. The lowest BCUT2D eigenvalue weighted by Gasteiger charge is -2.73. The molecule has 8 fully saturated rings. The van der Waals surface area contributed by atoms with Crippen molar-refractivity contribution in [1.29, 1.82) is 0 Å². The van der Waals surface area contributed by atoms with E-state index in [2.05, 4.69) is 53.4 Å². The molecule has 0 spiro atoms. The molecule has 25 atom stereocenters. The average Bonchev–Trinajstić information content (AvgIpc) is 4.00. The van der Waals surface area contributed by atoms with E-state index in [0.717, 1.165) is 63.5 Å². The first-order valence-corrected chi connectivity index (χ1v) is 26.2. The molecule has 5 saturated carbocycles. The zero-order valence-corrected chi connectivity index (χ0v) is 42.4. The Bertz CT molecular complexity index is 2020. The molecule has 1 amide bonds. The molecule has 3 saturated heterocycles. The SMILES string of the molecule is C=C(C)[C@@H]1CC[C@]2(C(=O)NCc3ccco3)CC[C@]3(C)[C@H](CC[C@@H]4[C@@]5(C)CC[C@H](O[C@@H]6O[C@H](CO)[C@@H](O[C@@H]7O[C@@H](C)[C@H](O)[C@@H](O)[C@H]7O)[C@H](O)[C@H]6O[C@@H]6O[C@@H](C)[C@H](O)[C@@H](O)[C@H]6O)C(C)(C)[C@@H]5CC[C@]43C)[C@@H]12. The van der Waals surface area contributed by atoms with Gasteiger partial charge in [-0.05, 0) is 148 Å². The Morgan fingerprint density at radius 2 is 1.34 bits per heavy atom. The van der Waals surface area contributed by atoms with Gasteiger partial charge in [0.1, 0.15) is 66.8 Å². The lowest BCUT2D eigenvalue weighted by molar-refractivity contribution is -0.393. The Kier molecular flexibility index (Phi) is 14.5. The molecule has 1 aromatic rings. The monoisotopic (exact) mass is 990 g/mol. The maximum absolute atomic E-state index is 14.5. The number of carbonyl (C=O) groups excluding carboxylic acids is 1. The number of amides is 1. The maximum Gasteiger partial charge on any atom is 0.226 e. The van der Waals surface area contributed by atoms with Crippen molar-refractivity contribution < 1.29 is 78.5 Å². The summed E-state index contributed by atoms with van der Waals surface area (Å²) in [6.45, 7) is 21.5. The summed E-state index contributed by atoms with van der Waals surface area (Å²) in [6, 6.07) is 3.75. The summed E-state index contributed by atoms with van der Waals surface area (Å²) >= 11 is 0. The normalized spacial score (nSPS) is 52.1. The van der Waals surface area contributed by atoms with Gasteiger partial charge in [-0.25, -0.2) is 0 Å². The minimum atomic E-state index is -1.74. The number of allylic oxidation sites excluding steroid dienone is 1. The van der Waals surface area contributed by atoms with Crippen molar-refractivity contribution in [3.05, 3.63) is 36.3 Å². The van der Waals surface area contributed by atoms with Crippen molar-refractivity contribution in [2.75, 3.05) is 6.61 Å². The lowest BCUT2D eigenvalue weighted by Crippen LogP contribution is -2.68. The van der Waals surface area contributed by atoms with Gasteiger partial charge < -0.3 is 79.0 Å². The molecule has 70 heavy (non-hydrogen) atoms. The summed E-state index contributed by atoms with van der Waals surface area (Å²) in [5.74, 6) is 2.37. The summed E-state index contributed by atoms with van der Waals surface area (Å²) in [7, 11) is 0. The van der Waals surface area contributed by atoms with E-state index in [9.17, 15) is 45.6 Å². The second kappa shape index (κ2) is 19.3. The Labute approximate surface area is 412 Å². The minimum Gasteiger partial charge on any atom is -0.467 e. The van der Waals surface area contributed by atoms with E-state index in [1.165, 1.54) is 19.4 Å². The van der Waals surface area contributed by atoms with Crippen LogP contribution in [-0.4, -0.2) is 152 Å². The summed E-state index contributed by atoms with van der Waals surface area (Å²) in [5.41, 5.74) is 0.205. The first-order valence-electron chi connectivity index (χ1n) is 26.2. The predicted octanol–water partition coefficient (Wildman–Crippen LogP) is 3.44. The Hall–Kier alpha value is -2.07. The molecule has 0 radical (unpaired) electrons. The minimum absolute atomic E-state index is 0.000504. The number of furan rings is 1. The molecule has 396 valence electrons. The van der Waals surface area contributed by atoms with Crippen molar-refractivity contribution in [2.24, 2.45) is 56.7 Å². The third-order valence-electron chi connectivity index (χ3n) is 20.8. The van der Waals surface area contributed by atoms with E-state index < -0.39 is 116 Å². The van der Waals surface area contributed by atoms with Crippen LogP contribution >= 0.6 is 0 Å². The lowest BCUT2D eigenvalue weighted by atomic mass is 9.32. The molecule has 0 unspecified atom stereocenters. The van der Waals surface area contributed by atoms with Crippen LogP contribution in [-0.2, 0) is 39.8 Å². The van der Waals surface area contributed by atoms with Crippen molar-refractivity contribution in [2.45, 2.75) is 224 Å². The molecule has 8 aliphatic rings. The highest BCUT2D eigenvalue weighted by Gasteiger charge is 2.72. The van der Waals surface area contributed by atoms with Gasteiger partial charge in [0.15, 0.2) is 18.9 Å². The predicted molar refractivity (Wildman–Crippen MR) is 251 cm³/mol. The van der Waals surface area contributed by atoms with Gasteiger partial charge in [-0.2, -0.15) is 0 Å². The van der Waals surface area contributed by atoms with Crippen LogP contribution < -0.4 is 5.32 Å². The molecular formula is C53H83NO16. The molecule has 9 N–H and O–H groups in total. The zero-order chi connectivity index (χ0) is 50.6. The van der Waals surface area contributed by atoms with Crippen molar-refractivity contribution in [3.8, 4) is 0 Å². The Balaban J connectivity index is 0.961. The average molecular weight is 990 g/mol. The first kappa shape index (κ1) is 52.8. The fourth-order valence-electron chi connectivity index (χ4n) is 16.7. The Morgan fingerprint density at radius 3 is 1.94 bits per heavy atom. The van der Waals surface area contributed by atoms with E-state index in [0.29, 0.717) is 24.8 Å². The zero-order valence-electron chi connectivity index (χ0n) is 42.4. The van der Waals surface area contributed by atoms with Crippen LogP contribution in [0.25, 0.3) is 0 Å². The van der Waals surface area contributed by atoms with Gasteiger partial charge >= 0.3 is 0 Å². The second-order valence-corrected chi connectivity index (χ2v) is 24.4. The van der Waals surface area contributed by atoms with E-state index in [-0.39, 0.29) is 39.9 Å². The van der Waals surface area contributed by atoms with Crippen molar-refractivity contribution in [1.82, 2.24) is 5.32 Å². The van der Waals surface area contributed by atoms with Gasteiger partial charge in [0.2, 0.25) is 5.91 Å².